The van der Waals surface area contributed by atoms with Crippen LogP contribution in [0.25, 0.3) is 0 Å². The highest BCUT2D eigenvalue weighted by Gasteiger charge is 2.34. The first-order chi connectivity index (χ1) is 14.9. The quantitative estimate of drug-likeness (QED) is 0.495. The van der Waals surface area contributed by atoms with Gasteiger partial charge in [0.2, 0.25) is 0 Å². The molecule has 0 unspecified atom stereocenters. The summed E-state index contributed by atoms with van der Waals surface area (Å²) in [4.78, 5) is 50.1. The molecule has 0 saturated heterocycles. The number of hydrogen-bond acceptors (Lipinski definition) is 5. The summed E-state index contributed by atoms with van der Waals surface area (Å²) in [6, 6.07) is 16.5. The van der Waals surface area contributed by atoms with Gasteiger partial charge in [-0.2, -0.15) is 0 Å². The lowest BCUT2D eigenvalue weighted by atomic mass is 10.0. The molecule has 162 valence electrons. The van der Waals surface area contributed by atoms with Crippen molar-refractivity contribution in [1.82, 2.24) is 10.2 Å². The fourth-order valence-corrected chi connectivity index (χ4v) is 3.43. The fraction of sp³-hybridized carbons (Fsp3) is 0.333. The van der Waals surface area contributed by atoms with E-state index in [9.17, 15) is 19.2 Å². The molecule has 1 aliphatic heterocycles. The number of esters is 1. The maximum Gasteiger partial charge on any atom is 0.306 e. The third-order valence-electron chi connectivity index (χ3n) is 5.27. The lowest BCUT2D eigenvalue weighted by molar-refractivity contribution is -0.154. The van der Waals surface area contributed by atoms with Gasteiger partial charge in [0.05, 0.1) is 11.1 Å². The summed E-state index contributed by atoms with van der Waals surface area (Å²) in [5.74, 6) is -1.48. The molecule has 0 saturated carbocycles. The number of nitrogens with one attached hydrogen (secondary N) is 1. The number of carbonyl (C=O) groups excluding carboxylic acids is 4. The molecule has 1 heterocycles. The van der Waals surface area contributed by atoms with E-state index >= 15 is 0 Å². The van der Waals surface area contributed by atoms with Crippen molar-refractivity contribution in [2.75, 3.05) is 13.1 Å². The number of ether oxygens (including phenoxy) is 1. The van der Waals surface area contributed by atoms with Crippen molar-refractivity contribution in [2.24, 2.45) is 0 Å². The Balaban J connectivity index is 1.39. The zero-order chi connectivity index (χ0) is 22.4. The Morgan fingerprint density at radius 3 is 2.13 bits per heavy atom. The molecule has 2 aromatic carbocycles. The molecule has 3 amide bonds. The first-order valence-corrected chi connectivity index (χ1v) is 10.4. The smallest absolute Gasteiger partial charge is 0.306 e. The second kappa shape index (κ2) is 10.0. The Hall–Kier alpha value is -3.48. The number of fused-ring (bicyclic) bond motifs is 1. The van der Waals surface area contributed by atoms with E-state index in [1.165, 1.54) is 6.92 Å². The predicted molar refractivity (Wildman–Crippen MR) is 114 cm³/mol. The highest BCUT2D eigenvalue weighted by molar-refractivity contribution is 6.21. The van der Waals surface area contributed by atoms with Gasteiger partial charge >= 0.3 is 5.97 Å². The van der Waals surface area contributed by atoms with Crippen molar-refractivity contribution in [3.05, 3.63) is 71.3 Å². The lowest BCUT2D eigenvalue weighted by Crippen LogP contribution is -2.37. The Labute approximate surface area is 181 Å². The van der Waals surface area contributed by atoms with Gasteiger partial charge < -0.3 is 10.1 Å². The molecule has 7 heteroatoms. The number of hydrogen-bond donors (Lipinski definition) is 1. The number of carbonyl (C=O) groups is 4. The van der Waals surface area contributed by atoms with Gasteiger partial charge in [-0.15, -0.1) is 0 Å². The standard InChI is InChI=1S/C24H26N2O5/c1-16(18-9-4-3-5-10-18)15-25-22(28)17(2)31-21(27)13-8-14-26-23(29)19-11-6-7-12-20(19)24(26)30/h3-7,9-12,16-17H,8,13-15H2,1-2H3,(H,25,28)/t16-,17+/m0/s1. The van der Waals surface area contributed by atoms with Crippen LogP contribution in [0.15, 0.2) is 54.6 Å². The molecule has 0 bridgehead atoms. The van der Waals surface area contributed by atoms with Crippen LogP contribution in [-0.4, -0.2) is 47.8 Å². The molecule has 2 aromatic rings. The average molecular weight is 422 g/mol. The molecule has 0 spiro atoms. The molecule has 0 fully saturated rings. The van der Waals surface area contributed by atoms with E-state index in [-0.39, 0.29) is 43.0 Å². The van der Waals surface area contributed by atoms with Crippen LogP contribution in [0.5, 0.6) is 0 Å². The molecule has 0 aliphatic carbocycles. The van der Waals surface area contributed by atoms with Crippen molar-refractivity contribution in [2.45, 2.75) is 38.7 Å². The van der Waals surface area contributed by atoms with Crippen LogP contribution in [0.1, 0.15) is 58.9 Å². The first-order valence-electron chi connectivity index (χ1n) is 10.4. The van der Waals surface area contributed by atoms with Gasteiger partial charge in [0.25, 0.3) is 17.7 Å². The first kappa shape index (κ1) is 22.2. The summed E-state index contributed by atoms with van der Waals surface area (Å²) in [5, 5.41) is 2.79. The number of imide groups is 1. The van der Waals surface area contributed by atoms with Crippen LogP contribution in [0.2, 0.25) is 0 Å². The fourth-order valence-electron chi connectivity index (χ4n) is 3.43. The Morgan fingerprint density at radius 2 is 1.52 bits per heavy atom. The van der Waals surface area contributed by atoms with E-state index < -0.39 is 12.1 Å². The molecule has 31 heavy (non-hydrogen) atoms. The molecule has 1 aliphatic rings. The van der Waals surface area contributed by atoms with Crippen LogP contribution >= 0.6 is 0 Å². The van der Waals surface area contributed by atoms with Crippen LogP contribution in [-0.2, 0) is 14.3 Å². The lowest BCUT2D eigenvalue weighted by Gasteiger charge is -2.17. The highest BCUT2D eigenvalue weighted by Crippen LogP contribution is 2.22. The van der Waals surface area contributed by atoms with Crippen molar-refractivity contribution in [1.29, 1.82) is 0 Å². The number of nitrogens with zero attached hydrogens (tertiary/aromatic N) is 1. The largest absolute Gasteiger partial charge is 0.453 e. The van der Waals surface area contributed by atoms with Gasteiger partial charge in [0.15, 0.2) is 6.10 Å². The maximum absolute atomic E-state index is 12.3. The molecule has 7 nitrogen and oxygen atoms in total. The van der Waals surface area contributed by atoms with Gasteiger partial charge in [-0.05, 0) is 37.0 Å². The van der Waals surface area contributed by atoms with E-state index in [1.54, 1.807) is 24.3 Å². The number of benzene rings is 2. The second-order valence-electron chi connectivity index (χ2n) is 7.60. The zero-order valence-corrected chi connectivity index (χ0v) is 17.7. The molecule has 0 radical (unpaired) electrons. The topological polar surface area (TPSA) is 92.8 Å². The second-order valence-corrected chi connectivity index (χ2v) is 7.60. The van der Waals surface area contributed by atoms with Crippen molar-refractivity contribution in [3.8, 4) is 0 Å². The molecule has 1 N–H and O–H groups in total. The molecule has 2 atom stereocenters. The zero-order valence-electron chi connectivity index (χ0n) is 17.7. The van der Waals surface area contributed by atoms with Crippen molar-refractivity contribution >= 4 is 23.7 Å². The van der Waals surface area contributed by atoms with Crippen LogP contribution in [0, 0.1) is 0 Å². The molecule has 3 rings (SSSR count). The third-order valence-corrected chi connectivity index (χ3v) is 5.27. The normalized spacial score (nSPS) is 14.7. The predicted octanol–water partition coefficient (Wildman–Crippen LogP) is 2.91. The van der Waals surface area contributed by atoms with Crippen LogP contribution < -0.4 is 5.32 Å². The summed E-state index contributed by atoms with van der Waals surface area (Å²) in [7, 11) is 0. The minimum absolute atomic E-state index is 0.00540. The van der Waals surface area contributed by atoms with Gasteiger partial charge in [-0.3, -0.25) is 24.1 Å². The minimum atomic E-state index is -0.922. The molecular weight excluding hydrogens is 396 g/mol. The van der Waals surface area contributed by atoms with Gasteiger partial charge in [-0.1, -0.05) is 49.4 Å². The SMILES string of the molecule is C[C@@H](OC(=O)CCCN1C(=O)c2ccccc2C1=O)C(=O)NC[C@H](C)c1ccccc1. The van der Waals surface area contributed by atoms with E-state index in [0.717, 1.165) is 10.5 Å². The molecular formula is C24H26N2O5. The van der Waals surface area contributed by atoms with Gasteiger partial charge in [-0.25, -0.2) is 0 Å². The monoisotopic (exact) mass is 422 g/mol. The van der Waals surface area contributed by atoms with Crippen molar-refractivity contribution < 1.29 is 23.9 Å². The summed E-state index contributed by atoms with van der Waals surface area (Å²) in [5.41, 5.74) is 1.87. The van der Waals surface area contributed by atoms with Gasteiger partial charge in [0, 0.05) is 19.5 Å². The summed E-state index contributed by atoms with van der Waals surface area (Å²) < 4.78 is 5.19. The maximum atomic E-state index is 12.3. The van der Waals surface area contributed by atoms with Crippen LogP contribution in [0.4, 0.5) is 0 Å². The van der Waals surface area contributed by atoms with Crippen LogP contribution in [0.3, 0.4) is 0 Å². The highest BCUT2D eigenvalue weighted by atomic mass is 16.5. The van der Waals surface area contributed by atoms with E-state index in [1.807, 2.05) is 37.3 Å². The Morgan fingerprint density at radius 1 is 0.935 bits per heavy atom. The summed E-state index contributed by atoms with van der Waals surface area (Å²) in [6.07, 6.45) is -0.649. The minimum Gasteiger partial charge on any atom is -0.453 e. The van der Waals surface area contributed by atoms with E-state index in [0.29, 0.717) is 17.7 Å². The summed E-state index contributed by atoms with van der Waals surface area (Å²) in [6.45, 7) is 4.08. The summed E-state index contributed by atoms with van der Waals surface area (Å²) >= 11 is 0. The molecule has 0 aromatic heterocycles. The van der Waals surface area contributed by atoms with Gasteiger partial charge in [0.1, 0.15) is 0 Å². The number of rotatable bonds is 9. The average Bonchev–Trinajstić information content (AvgIpc) is 3.02. The van der Waals surface area contributed by atoms with E-state index in [2.05, 4.69) is 5.32 Å². The third kappa shape index (κ3) is 5.36. The Kier molecular flexibility index (Phi) is 7.18. The number of amides is 3. The Bertz CT molecular complexity index is 938. The van der Waals surface area contributed by atoms with Crippen molar-refractivity contribution in [3.63, 3.8) is 0 Å². The van der Waals surface area contributed by atoms with E-state index in [4.69, 9.17) is 4.74 Å².